The first-order valence-corrected chi connectivity index (χ1v) is 9.15. The van der Waals surface area contributed by atoms with Crippen molar-refractivity contribution in [2.45, 2.75) is 6.54 Å². The molecule has 0 bridgehead atoms. The molecule has 0 saturated carbocycles. The molecule has 0 radical (unpaired) electrons. The lowest BCUT2D eigenvalue weighted by atomic mass is 10.2. The van der Waals surface area contributed by atoms with Crippen LogP contribution in [0.2, 0.25) is 0 Å². The van der Waals surface area contributed by atoms with Gasteiger partial charge in [0, 0.05) is 11.6 Å². The molecule has 0 atom stereocenters. The van der Waals surface area contributed by atoms with Crippen LogP contribution in [0.4, 0.5) is 5.69 Å². The van der Waals surface area contributed by atoms with Gasteiger partial charge in [-0.1, -0.05) is 12.1 Å². The number of nitrogens with zero attached hydrogens (tertiary/aromatic N) is 3. The Balaban J connectivity index is 1.53. The predicted octanol–water partition coefficient (Wildman–Crippen LogP) is 3.23. The van der Waals surface area contributed by atoms with Gasteiger partial charge in [0.1, 0.15) is 23.7 Å². The second-order valence-corrected chi connectivity index (χ2v) is 6.37. The van der Waals surface area contributed by atoms with Crippen molar-refractivity contribution in [3.05, 3.63) is 83.3 Å². The number of hydrogen-bond donors (Lipinski definition) is 1. The summed E-state index contributed by atoms with van der Waals surface area (Å²) < 4.78 is 12.4. The van der Waals surface area contributed by atoms with Gasteiger partial charge in [-0.2, -0.15) is 5.10 Å². The van der Waals surface area contributed by atoms with E-state index in [1.807, 2.05) is 0 Å². The predicted molar refractivity (Wildman–Crippen MR) is 112 cm³/mol. The second-order valence-electron chi connectivity index (χ2n) is 6.37. The molecule has 4 aromatic rings. The lowest BCUT2D eigenvalue weighted by molar-refractivity contribution is -0.116. The fraction of sp³-hybridized carbons (Fsp3) is 0.0909. The number of ether oxygens (including phenoxy) is 2. The second kappa shape index (κ2) is 8.44. The molecule has 4 rings (SSSR count). The third-order valence-corrected chi connectivity index (χ3v) is 4.37. The topological polar surface area (TPSA) is 95.3 Å². The molecule has 1 N–H and O–H groups in total. The quantitative estimate of drug-likeness (QED) is 0.532. The number of carbonyl (C=O) groups is 1. The van der Waals surface area contributed by atoms with Crippen molar-refractivity contribution in [3.63, 3.8) is 0 Å². The normalized spacial score (nSPS) is 10.6. The third kappa shape index (κ3) is 4.12. The van der Waals surface area contributed by atoms with Gasteiger partial charge in [-0.15, -0.1) is 0 Å². The number of anilines is 1. The van der Waals surface area contributed by atoms with Crippen LogP contribution in [-0.4, -0.2) is 27.8 Å². The lowest BCUT2D eigenvalue weighted by Crippen LogP contribution is -2.22. The summed E-state index contributed by atoms with van der Waals surface area (Å²) in [6, 6.07) is 17.4. The highest BCUT2D eigenvalue weighted by atomic mass is 16.5. The number of carbonyl (C=O) groups excluding carboxylic acids is 1. The minimum absolute atomic E-state index is 0.0718. The minimum atomic E-state index is -0.330. The van der Waals surface area contributed by atoms with E-state index in [-0.39, 0.29) is 23.8 Å². The molecule has 8 nitrogen and oxygen atoms in total. The molecule has 0 aliphatic carbocycles. The number of para-hydroxylation sites is 1. The number of amides is 1. The van der Waals surface area contributed by atoms with E-state index in [2.05, 4.69) is 15.4 Å². The van der Waals surface area contributed by atoms with Gasteiger partial charge in [0.2, 0.25) is 17.2 Å². The summed E-state index contributed by atoms with van der Waals surface area (Å²) in [6.45, 7) is -0.0718. The number of fused-ring (bicyclic) bond motifs is 1. The maximum atomic E-state index is 12.6. The molecule has 2 aromatic carbocycles. The Morgan fingerprint density at radius 2 is 1.80 bits per heavy atom. The van der Waals surface area contributed by atoms with Crippen LogP contribution < -0.4 is 20.2 Å². The van der Waals surface area contributed by atoms with E-state index in [1.54, 1.807) is 74.0 Å². The molecule has 0 saturated heterocycles. The fourth-order valence-corrected chi connectivity index (χ4v) is 2.94. The third-order valence-electron chi connectivity index (χ3n) is 4.37. The van der Waals surface area contributed by atoms with Crippen molar-refractivity contribution in [1.29, 1.82) is 0 Å². The van der Waals surface area contributed by atoms with E-state index in [4.69, 9.17) is 9.47 Å². The molecule has 1 amide bonds. The highest BCUT2D eigenvalue weighted by Crippen LogP contribution is 2.28. The Hall–Kier alpha value is -4.20. The average Bonchev–Trinajstić information content (AvgIpc) is 2.78. The molecule has 0 unspecified atom stereocenters. The molecule has 0 aliphatic heterocycles. The van der Waals surface area contributed by atoms with Crippen molar-refractivity contribution in [2.75, 3.05) is 12.4 Å². The van der Waals surface area contributed by atoms with E-state index < -0.39 is 0 Å². The van der Waals surface area contributed by atoms with E-state index in [9.17, 15) is 9.59 Å². The molecule has 150 valence electrons. The van der Waals surface area contributed by atoms with E-state index >= 15 is 0 Å². The highest BCUT2D eigenvalue weighted by Gasteiger charge is 2.12. The number of aromatic nitrogens is 3. The smallest absolute Gasteiger partial charge is 0.246 e. The summed E-state index contributed by atoms with van der Waals surface area (Å²) in [4.78, 5) is 28.8. The Morgan fingerprint density at radius 1 is 1.03 bits per heavy atom. The Morgan fingerprint density at radius 3 is 2.60 bits per heavy atom. The number of benzene rings is 2. The number of rotatable bonds is 6. The molecular formula is C22H18N4O4. The van der Waals surface area contributed by atoms with Gasteiger partial charge in [0.25, 0.3) is 0 Å². The number of methoxy groups -OCH3 is 1. The number of nitrogens with one attached hydrogen (secondary N) is 1. The van der Waals surface area contributed by atoms with Gasteiger partial charge in [-0.3, -0.25) is 14.3 Å². The molecule has 30 heavy (non-hydrogen) atoms. The van der Waals surface area contributed by atoms with Gasteiger partial charge in [-0.25, -0.2) is 4.98 Å². The van der Waals surface area contributed by atoms with Crippen molar-refractivity contribution in [2.24, 2.45) is 0 Å². The molecule has 0 fully saturated rings. The van der Waals surface area contributed by atoms with E-state index in [0.717, 1.165) is 0 Å². The SMILES string of the molecule is COc1ccc(Oc2ncccc2NC(=O)Cn2ncc(=O)c3ccccc32)cc1. The first-order chi connectivity index (χ1) is 14.6. The van der Waals surface area contributed by atoms with Crippen LogP contribution in [0.1, 0.15) is 0 Å². The zero-order valence-electron chi connectivity index (χ0n) is 16.1. The summed E-state index contributed by atoms with van der Waals surface area (Å²) >= 11 is 0. The number of pyridine rings is 1. The molecule has 8 heteroatoms. The molecule has 2 aromatic heterocycles. The number of hydrogen-bond acceptors (Lipinski definition) is 6. The van der Waals surface area contributed by atoms with E-state index in [0.29, 0.717) is 28.1 Å². The van der Waals surface area contributed by atoms with Crippen LogP contribution in [0.15, 0.2) is 77.9 Å². The van der Waals surface area contributed by atoms with Gasteiger partial charge in [-0.05, 0) is 48.5 Å². The summed E-state index contributed by atoms with van der Waals surface area (Å²) in [7, 11) is 1.59. The summed E-state index contributed by atoms with van der Waals surface area (Å²) in [5.74, 6) is 1.19. The van der Waals surface area contributed by atoms with Gasteiger partial charge >= 0.3 is 0 Å². The Bertz CT molecular complexity index is 1250. The van der Waals surface area contributed by atoms with Crippen molar-refractivity contribution in [1.82, 2.24) is 14.8 Å². The average molecular weight is 402 g/mol. The highest BCUT2D eigenvalue weighted by molar-refractivity contribution is 5.92. The van der Waals surface area contributed by atoms with Crippen LogP contribution in [0, 0.1) is 0 Å². The molecule has 0 spiro atoms. The summed E-state index contributed by atoms with van der Waals surface area (Å²) in [5, 5.41) is 7.37. The Labute approximate surface area is 171 Å². The van der Waals surface area contributed by atoms with Gasteiger partial charge in [0.15, 0.2) is 0 Å². The zero-order chi connectivity index (χ0) is 20.9. The molecule has 0 aliphatic rings. The van der Waals surface area contributed by atoms with E-state index in [1.165, 1.54) is 10.9 Å². The van der Waals surface area contributed by atoms with Crippen molar-refractivity contribution < 1.29 is 14.3 Å². The largest absolute Gasteiger partial charge is 0.497 e. The van der Waals surface area contributed by atoms with Gasteiger partial charge in [0.05, 0.1) is 18.8 Å². The van der Waals surface area contributed by atoms with Crippen LogP contribution >= 0.6 is 0 Å². The Kier molecular flexibility index (Phi) is 5.38. The van der Waals surface area contributed by atoms with Crippen molar-refractivity contribution >= 4 is 22.5 Å². The zero-order valence-corrected chi connectivity index (χ0v) is 16.1. The van der Waals surface area contributed by atoms with Crippen LogP contribution in [0.5, 0.6) is 17.4 Å². The standard InChI is InChI=1S/C22H18N4O4/c1-29-15-8-10-16(11-9-15)30-22-18(6-4-12-23-22)25-21(28)14-26-19-7-3-2-5-17(19)20(27)13-24-26/h2-13H,14H2,1H3,(H,25,28). The summed E-state index contributed by atoms with van der Waals surface area (Å²) in [5.41, 5.74) is 0.814. The summed E-state index contributed by atoms with van der Waals surface area (Å²) in [6.07, 6.45) is 2.78. The van der Waals surface area contributed by atoms with Crippen molar-refractivity contribution in [3.8, 4) is 17.4 Å². The molecular weight excluding hydrogens is 384 g/mol. The monoisotopic (exact) mass is 402 g/mol. The van der Waals surface area contributed by atoms with Crippen LogP contribution in [0.25, 0.3) is 10.9 Å². The first-order valence-electron chi connectivity index (χ1n) is 9.15. The lowest BCUT2D eigenvalue weighted by Gasteiger charge is -2.12. The van der Waals surface area contributed by atoms with Crippen LogP contribution in [-0.2, 0) is 11.3 Å². The first kappa shape index (κ1) is 19.1. The molecule has 2 heterocycles. The minimum Gasteiger partial charge on any atom is -0.497 e. The van der Waals surface area contributed by atoms with Crippen LogP contribution in [0.3, 0.4) is 0 Å². The van der Waals surface area contributed by atoms with Gasteiger partial charge < -0.3 is 14.8 Å². The fourth-order valence-electron chi connectivity index (χ4n) is 2.94. The maximum Gasteiger partial charge on any atom is 0.246 e. The maximum absolute atomic E-state index is 12.6.